The number of carbonyl (C=O) groups is 1. The molecule has 0 aliphatic heterocycles. The number of amides is 1. The van der Waals surface area contributed by atoms with Crippen LogP contribution in [-0.4, -0.2) is 52.7 Å². The Kier molecular flexibility index (Phi) is 7.31. The minimum atomic E-state index is -3.53. The largest absolute Gasteiger partial charge is 0.325 e. The molecule has 1 aliphatic rings. The molecule has 1 amide bonds. The van der Waals surface area contributed by atoms with Crippen molar-refractivity contribution in [3.05, 3.63) is 30.1 Å². The smallest absolute Gasteiger partial charge is 0.243 e. The third kappa shape index (κ3) is 5.58. The van der Waals surface area contributed by atoms with Crippen molar-refractivity contribution in [2.75, 3.05) is 18.1 Å². The van der Waals surface area contributed by atoms with E-state index >= 15 is 0 Å². The van der Waals surface area contributed by atoms with E-state index in [1.165, 1.54) is 22.5 Å². The standard InChI is InChI=1S/C19H27N5O3S2/c1-3-17-21-19(23-22-17)28-13-18(25)20-14-9-11-16(12-10-14)29(26,27)24(2)15-7-5-4-6-8-15/h9-12,15H,3-8,13H2,1-2H3,(H,20,25)(H,21,22,23). The van der Waals surface area contributed by atoms with Crippen molar-refractivity contribution in [3.8, 4) is 0 Å². The summed E-state index contributed by atoms with van der Waals surface area (Å²) in [5.41, 5.74) is 0.555. The van der Waals surface area contributed by atoms with E-state index in [-0.39, 0.29) is 22.6 Å². The fourth-order valence-corrected chi connectivity index (χ4v) is 5.38. The molecule has 1 aliphatic carbocycles. The molecule has 0 unspecified atom stereocenters. The Morgan fingerprint density at radius 3 is 2.55 bits per heavy atom. The molecule has 3 rings (SSSR count). The Bertz CT molecular complexity index is 922. The van der Waals surface area contributed by atoms with Crippen LogP contribution >= 0.6 is 11.8 Å². The number of anilines is 1. The molecule has 1 saturated carbocycles. The molecule has 2 aromatic rings. The summed E-state index contributed by atoms with van der Waals surface area (Å²) in [4.78, 5) is 16.6. The number of thioether (sulfide) groups is 1. The third-order valence-corrected chi connectivity index (χ3v) is 7.85. The van der Waals surface area contributed by atoms with E-state index in [0.717, 1.165) is 37.9 Å². The maximum absolute atomic E-state index is 12.9. The highest BCUT2D eigenvalue weighted by molar-refractivity contribution is 7.99. The molecular formula is C19H27N5O3S2. The summed E-state index contributed by atoms with van der Waals surface area (Å²) >= 11 is 1.24. The van der Waals surface area contributed by atoms with Crippen LogP contribution < -0.4 is 5.32 Å². The van der Waals surface area contributed by atoms with Crippen LogP contribution in [0.2, 0.25) is 0 Å². The first-order valence-corrected chi connectivity index (χ1v) is 12.2. The lowest BCUT2D eigenvalue weighted by Crippen LogP contribution is -2.38. The molecule has 0 bridgehead atoms. The van der Waals surface area contributed by atoms with Gasteiger partial charge in [-0.25, -0.2) is 13.4 Å². The highest BCUT2D eigenvalue weighted by Crippen LogP contribution is 2.27. The number of H-pyrrole nitrogens is 1. The van der Waals surface area contributed by atoms with E-state index in [2.05, 4.69) is 20.5 Å². The maximum atomic E-state index is 12.9. The van der Waals surface area contributed by atoms with Gasteiger partial charge in [0, 0.05) is 25.2 Å². The Labute approximate surface area is 175 Å². The molecule has 0 spiro atoms. The Balaban J connectivity index is 1.56. The van der Waals surface area contributed by atoms with Crippen LogP contribution in [0.5, 0.6) is 0 Å². The van der Waals surface area contributed by atoms with Gasteiger partial charge in [-0.05, 0) is 37.1 Å². The van der Waals surface area contributed by atoms with Crippen LogP contribution in [0.3, 0.4) is 0 Å². The number of hydrogen-bond acceptors (Lipinski definition) is 6. The number of carbonyl (C=O) groups excluding carboxylic acids is 1. The summed E-state index contributed by atoms with van der Waals surface area (Å²) in [7, 11) is -1.88. The van der Waals surface area contributed by atoms with Crippen LogP contribution in [0.4, 0.5) is 5.69 Å². The monoisotopic (exact) mass is 437 g/mol. The molecule has 1 fully saturated rings. The topological polar surface area (TPSA) is 108 Å². The van der Waals surface area contributed by atoms with E-state index < -0.39 is 10.0 Å². The minimum Gasteiger partial charge on any atom is -0.325 e. The van der Waals surface area contributed by atoms with Crippen molar-refractivity contribution < 1.29 is 13.2 Å². The summed E-state index contributed by atoms with van der Waals surface area (Å²) in [5, 5.41) is 10.1. The molecule has 2 N–H and O–H groups in total. The van der Waals surface area contributed by atoms with Gasteiger partial charge in [0.15, 0.2) is 0 Å². The summed E-state index contributed by atoms with van der Waals surface area (Å²) in [6.45, 7) is 1.97. The third-order valence-electron chi connectivity index (χ3n) is 5.08. The van der Waals surface area contributed by atoms with Crippen LogP contribution in [0, 0.1) is 0 Å². The van der Waals surface area contributed by atoms with E-state index in [0.29, 0.717) is 10.8 Å². The van der Waals surface area contributed by atoms with Crippen molar-refractivity contribution in [1.29, 1.82) is 0 Å². The van der Waals surface area contributed by atoms with Crippen LogP contribution in [0.15, 0.2) is 34.3 Å². The van der Waals surface area contributed by atoms with E-state index in [9.17, 15) is 13.2 Å². The quantitative estimate of drug-likeness (QED) is 0.615. The normalized spacial score (nSPS) is 15.6. The van der Waals surface area contributed by atoms with Crippen LogP contribution in [0.1, 0.15) is 44.9 Å². The number of aromatic amines is 1. The van der Waals surface area contributed by atoms with Gasteiger partial charge in [0.25, 0.3) is 0 Å². The van der Waals surface area contributed by atoms with Gasteiger partial charge in [0.1, 0.15) is 5.82 Å². The molecule has 0 saturated heterocycles. The van der Waals surface area contributed by atoms with E-state index in [1.54, 1.807) is 31.3 Å². The Hall–Kier alpha value is -1.91. The lowest BCUT2D eigenvalue weighted by Gasteiger charge is -2.30. The van der Waals surface area contributed by atoms with Gasteiger partial charge in [-0.15, -0.1) is 5.10 Å². The number of nitrogens with one attached hydrogen (secondary N) is 2. The zero-order valence-electron chi connectivity index (χ0n) is 16.7. The van der Waals surface area contributed by atoms with E-state index in [1.807, 2.05) is 6.92 Å². The first-order valence-electron chi connectivity index (χ1n) is 9.82. The predicted octanol–water partition coefficient (Wildman–Crippen LogP) is 3.05. The van der Waals surface area contributed by atoms with E-state index in [4.69, 9.17) is 0 Å². The second-order valence-corrected chi connectivity index (χ2v) is 10.0. The Morgan fingerprint density at radius 2 is 1.93 bits per heavy atom. The van der Waals surface area contributed by atoms with Crippen molar-refractivity contribution in [3.63, 3.8) is 0 Å². The van der Waals surface area contributed by atoms with Crippen molar-refractivity contribution in [2.45, 2.75) is 61.5 Å². The number of aryl methyl sites for hydroxylation is 1. The number of hydrogen-bond donors (Lipinski definition) is 2. The highest BCUT2D eigenvalue weighted by Gasteiger charge is 2.28. The number of nitrogens with zero attached hydrogens (tertiary/aromatic N) is 3. The summed E-state index contributed by atoms with van der Waals surface area (Å²) in [6, 6.07) is 6.38. The molecule has 8 nitrogen and oxygen atoms in total. The van der Waals surface area contributed by atoms with Gasteiger partial charge in [-0.2, -0.15) is 4.31 Å². The molecule has 1 heterocycles. The first kappa shape index (κ1) is 21.8. The van der Waals surface area contributed by atoms with Gasteiger partial charge >= 0.3 is 0 Å². The molecule has 0 atom stereocenters. The van der Waals surface area contributed by atoms with Crippen molar-refractivity contribution >= 4 is 33.4 Å². The van der Waals surface area contributed by atoms with Gasteiger partial charge in [-0.1, -0.05) is 37.9 Å². The fourth-order valence-electron chi connectivity index (χ4n) is 3.35. The average molecular weight is 438 g/mol. The van der Waals surface area contributed by atoms with Crippen molar-refractivity contribution in [2.24, 2.45) is 0 Å². The highest BCUT2D eigenvalue weighted by atomic mass is 32.2. The Morgan fingerprint density at radius 1 is 1.24 bits per heavy atom. The number of aromatic nitrogens is 3. The minimum absolute atomic E-state index is 0.0639. The lowest BCUT2D eigenvalue weighted by atomic mass is 9.96. The number of sulfonamides is 1. The molecular weight excluding hydrogens is 410 g/mol. The molecule has 10 heteroatoms. The van der Waals surface area contributed by atoms with Gasteiger partial charge in [0.05, 0.1) is 10.6 Å². The molecule has 0 radical (unpaired) electrons. The fraction of sp³-hybridized carbons (Fsp3) is 0.526. The first-order chi connectivity index (χ1) is 13.9. The number of rotatable bonds is 8. The predicted molar refractivity (Wildman–Crippen MR) is 113 cm³/mol. The molecule has 158 valence electrons. The summed E-state index contributed by atoms with van der Waals surface area (Å²) in [5.74, 6) is 0.751. The molecule has 29 heavy (non-hydrogen) atoms. The zero-order valence-corrected chi connectivity index (χ0v) is 18.4. The van der Waals surface area contributed by atoms with Gasteiger partial charge < -0.3 is 5.32 Å². The van der Waals surface area contributed by atoms with Crippen LogP contribution in [0.25, 0.3) is 0 Å². The average Bonchev–Trinajstić information content (AvgIpc) is 3.21. The second-order valence-electron chi connectivity index (χ2n) is 7.09. The zero-order chi connectivity index (χ0) is 20.9. The van der Waals surface area contributed by atoms with Gasteiger partial charge in [0.2, 0.25) is 21.1 Å². The SMILES string of the molecule is CCc1nc(SCC(=O)Nc2ccc(S(=O)(=O)N(C)C3CCCCC3)cc2)n[nH]1. The molecule has 1 aromatic heterocycles. The van der Waals surface area contributed by atoms with Crippen LogP contribution in [-0.2, 0) is 21.2 Å². The van der Waals surface area contributed by atoms with Crippen molar-refractivity contribution in [1.82, 2.24) is 19.5 Å². The number of benzene rings is 1. The molecule has 1 aromatic carbocycles. The lowest BCUT2D eigenvalue weighted by molar-refractivity contribution is -0.113. The van der Waals surface area contributed by atoms with Gasteiger partial charge in [-0.3, -0.25) is 9.89 Å². The second kappa shape index (κ2) is 9.73. The summed E-state index contributed by atoms with van der Waals surface area (Å²) in [6.07, 6.45) is 5.89. The summed E-state index contributed by atoms with van der Waals surface area (Å²) < 4.78 is 27.2. The maximum Gasteiger partial charge on any atom is 0.243 e.